The fourth-order valence-electron chi connectivity index (χ4n) is 5.08. The monoisotopic (exact) mass is 489 g/mol. The molecule has 176 valence electrons. The van der Waals surface area contributed by atoms with Gasteiger partial charge in [-0.3, -0.25) is 9.59 Å². The van der Waals surface area contributed by atoms with Crippen molar-refractivity contribution in [3.63, 3.8) is 0 Å². The van der Waals surface area contributed by atoms with Crippen molar-refractivity contribution in [3.8, 4) is 11.1 Å². The highest BCUT2D eigenvalue weighted by Gasteiger charge is 2.35. The van der Waals surface area contributed by atoms with Crippen LogP contribution in [0.3, 0.4) is 0 Å². The molecule has 0 radical (unpaired) electrons. The van der Waals surface area contributed by atoms with E-state index < -0.39 is 11.9 Å². The predicted octanol–water partition coefficient (Wildman–Crippen LogP) is 5.15. The Hall–Kier alpha value is -3.78. The third kappa shape index (κ3) is 3.83. The highest BCUT2D eigenvalue weighted by molar-refractivity contribution is 6.31. The quantitative estimate of drug-likeness (QED) is 0.415. The van der Waals surface area contributed by atoms with Crippen molar-refractivity contribution >= 4 is 34.7 Å². The molecule has 2 aromatic heterocycles. The highest BCUT2D eigenvalue weighted by atomic mass is 35.5. The average Bonchev–Trinajstić information content (AvgIpc) is 3.61. The van der Waals surface area contributed by atoms with Gasteiger partial charge in [0.1, 0.15) is 12.1 Å². The van der Waals surface area contributed by atoms with Crippen LogP contribution in [0, 0.1) is 11.7 Å². The van der Waals surface area contributed by atoms with Gasteiger partial charge in [-0.25, -0.2) is 13.9 Å². The van der Waals surface area contributed by atoms with Crippen molar-refractivity contribution < 1.29 is 14.0 Å². The van der Waals surface area contributed by atoms with E-state index in [4.69, 9.17) is 11.6 Å². The minimum absolute atomic E-state index is 0.0675. The lowest BCUT2D eigenvalue weighted by Crippen LogP contribution is -2.23. The Morgan fingerprint density at radius 2 is 1.94 bits per heavy atom. The molecule has 1 aliphatic heterocycles. The van der Waals surface area contributed by atoms with Crippen molar-refractivity contribution in [2.24, 2.45) is 5.92 Å². The van der Waals surface area contributed by atoms with Crippen molar-refractivity contribution in [2.75, 3.05) is 5.32 Å². The molecular formula is C26H21ClFN5O2. The van der Waals surface area contributed by atoms with E-state index in [2.05, 4.69) is 20.7 Å². The number of fused-ring (bicyclic) bond motifs is 2. The van der Waals surface area contributed by atoms with Gasteiger partial charge in [-0.1, -0.05) is 24.4 Å². The van der Waals surface area contributed by atoms with Gasteiger partial charge in [-0.05, 0) is 60.9 Å². The number of halogens is 2. The van der Waals surface area contributed by atoms with E-state index in [9.17, 15) is 14.0 Å². The van der Waals surface area contributed by atoms with Crippen LogP contribution in [0.5, 0.6) is 0 Å². The summed E-state index contributed by atoms with van der Waals surface area (Å²) in [6.45, 7) is 0. The minimum Gasteiger partial charge on any atom is -0.341 e. The first kappa shape index (κ1) is 21.7. The summed E-state index contributed by atoms with van der Waals surface area (Å²) in [5, 5.41) is 10.5. The summed E-state index contributed by atoms with van der Waals surface area (Å²) < 4.78 is 15.8. The molecule has 1 aliphatic carbocycles. The second-order valence-corrected chi connectivity index (χ2v) is 9.42. The fraction of sp³-hybridized carbons (Fsp3) is 0.231. The van der Waals surface area contributed by atoms with Gasteiger partial charge in [0.2, 0.25) is 5.91 Å². The summed E-state index contributed by atoms with van der Waals surface area (Å²) in [5.74, 6) is -0.911. The first-order valence-corrected chi connectivity index (χ1v) is 11.9. The molecule has 9 heteroatoms. The Morgan fingerprint density at radius 3 is 2.77 bits per heavy atom. The van der Waals surface area contributed by atoms with E-state index in [1.54, 1.807) is 10.6 Å². The summed E-state index contributed by atoms with van der Waals surface area (Å²) in [5.41, 5.74) is 4.19. The van der Waals surface area contributed by atoms with Gasteiger partial charge >= 0.3 is 0 Å². The first-order valence-electron chi connectivity index (χ1n) is 11.5. The number of aromatic nitrogens is 3. The Balaban J connectivity index is 1.50. The van der Waals surface area contributed by atoms with Crippen molar-refractivity contribution in [1.82, 2.24) is 19.9 Å². The molecule has 0 spiro atoms. The zero-order chi connectivity index (χ0) is 24.1. The highest BCUT2D eigenvalue weighted by Crippen LogP contribution is 2.42. The fourth-order valence-corrected chi connectivity index (χ4v) is 5.31. The molecule has 2 amide bonds. The third-order valence-electron chi connectivity index (χ3n) is 6.85. The van der Waals surface area contributed by atoms with Gasteiger partial charge < -0.3 is 10.6 Å². The van der Waals surface area contributed by atoms with Gasteiger partial charge in [0.15, 0.2) is 5.65 Å². The maximum Gasteiger partial charge on any atom is 0.252 e. The van der Waals surface area contributed by atoms with Gasteiger partial charge in [-0.15, -0.1) is 0 Å². The molecule has 1 saturated carbocycles. The lowest BCUT2D eigenvalue weighted by Gasteiger charge is -2.20. The third-order valence-corrected chi connectivity index (χ3v) is 7.19. The molecule has 2 N–H and O–H groups in total. The molecule has 35 heavy (non-hydrogen) atoms. The number of anilines is 1. The number of amides is 2. The molecule has 4 aromatic rings. The SMILES string of the molecule is O=C1NC(c2cc(F)ccc2Cl)c2c(NC(=O)C3CCCC3)cc(-c3ccc4ncnn4c3)cc21. The smallest absolute Gasteiger partial charge is 0.252 e. The largest absolute Gasteiger partial charge is 0.341 e. The number of pyridine rings is 1. The number of carbonyl (C=O) groups is 2. The number of benzene rings is 2. The van der Waals surface area contributed by atoms with Crippen LogP contribution in [0.4, 0.5) is 10.1 Å². The minimum atomic E-state index is -0.688. The van der Waals surface area contributed by atoms with Gasteiger partial charge in [-0.2, -0.15) is 5.10 Å². The normalized spacial score (nSPS) is 17.5. The number of rotatable bonds is 4. The van der Waals surface area contributed by atoms with Gasteiger partial charge in [0.25, 0.3) is 5.91 Å². The topological polar surface area (TPSA) is 88.4 Å². The van der Waals surface area contributed by atoms with E-state index in [1.165, 1.54) is 24.5 Å². The van der Waals surface area contributed by atoms with Gasteiger partial charge in [0.05, 0.1) is 6.04 Å². The Labute approximate surface area is 205 Å². The number of carbonyl (C=O) groups excluding carboxylic acids is 2. The Kier molecular flexibility index (Phi) is 5.25. The zero-order valence-corrected chi connectivity index (χ0v) is 19.3. The van der Waals surface area contributed by atoms with Crippen LogP contribution in [-0.2, 0) is 4.79 Å². The lowest BCUT2D eigenvalue weighted by atomic mass is 9.92. The van der Waals surface area contributed by atoms with Gasteiger partial charge in [0, 0.05) is 45.1 Å². The van der Waals surface area contributed by atoms with E-state index in [1.807, 2.05) is 24.4 Å². The average molecular weight is 490 g/mol. The summed E-state index contributed by atoms with van der Waals surface area (Å²) in [6.07, 6.45) is 7.02. The Morgan fingerprint density at radius 1 is 1.11 bits per heavy atom. The predicted molar refractivity (Wildman–Crippen MR) is 130 cm³/mol. The standard InChI is InChI=1S/C26H21ClFN5O2/c27-20-7-6-17(28)11-18(20)24-23-19(26(35)32-24)9-16(15-5-8-22-29-13-30-33(22)12-15)10-21(23)31-25(34)14-3-1-2-4-14/h5-14,24H,1-4H2,(H,31,34)(H,32,35). The van der Waals surface area contributed by atoms with Crippen LogP contribution in [0.15, 0.2) is 55.0 Å². The van der Waals surface area contributed by atoms with Crippen LogP contribution in [0.25, 0.3) is 16.8 Å². The molecule has 2 aliphatic rings. The second-order valence-electron chi connectivity index (χ2n) is 9.01. The summed E-state index contributed by atoms with van der Waals surface area (Å²) in [4.78, 5) is 30.4. The van der Waals surface area contributed by atoms with E-state index >= 15 is 0 Å². The molecule has 1 unspecified atom stereocenters. The van der Waals surface area contributed by atoms with E-state index in [0.29, 0.717) is 33.0 Å². The number of hydrogen-bond acceptors (Lipinski definition) is 4. The molecule has 7 nitrogen and oxygen atoms in total. The van der Waals surface area contributed by atoms with Crippen LogP contribution in [0.1, 0.15) is 53.2 Å². The molecule has 2 aromatic carbocycles. The van der Waals surface area contributed by atoms with Crippen molar-refractivity contribution in [2.45, 2.75) is 31.7 Å². The molecule has 0 saturated heterocycles. The molecule has 1 fully saturated rings. The maximum atomic E-state index is 14.1. The molecule has 6 rings (SSSR count). The summed E-state index contributed by atoms with van der Waals surface area (Å²) in [6, 6.07) is 10.7. The van der Waals surface area contributed by atoms with Crippen molar-refractivity contribution in [3.05, 3.63) is 82.5 Å². The molecular weight excluding hydrogens is 469 g/mol. The zero-order valence-electron chi connectivity index (χ0n) is 18.6. The first-order chi connectivity index (χ1) is 17.0. The van der Waals surface area contributed by atoms with Crippen LogP contribution >= 0.6 is 11.6 Å². The molecule has 1 atom stereocenters. The summed E-state index contributed by atoms with van der Waals surface area (Å²) in [7, 11) is 0. The summed E-state index contributed by atoms with van der Waals surface area (Å²) >= 11 is 6.40. The van der Waals surface area contributed by atoms with Crippen LogP contribution in [0.2, 0.25) is 5.02 Å². The van der Waals surface area contributed by atoms with Crippen molar-refractivity contribution in [1.29, 1.82) is 0 Å². The molecule has 3 heterocycles. The maximum absolute atomic E-state index is 14.1. The van der Waals surface area contributed by atoms with Crippen LogP contribution in [-0.4, -0.2) is 26.4 Å². The number of nitrogens with one attached hydrogen (secondary N) is 2. The number of hydrogen-bond donors (Lipinski definition) is 2. The van der Waals surface area contributed by atoms with E-state index in [-0.39, 0.29) is 17.7 Å². The van der Waals surface area contributed by atoms with E-state index in [0.717, 1.165) is 36.8 Å². The Bertz CT molecular complexity index is 1490. The number of nitrogens with zero attached hydrogens (tertiary/aromatic N) is 3. The lowest BCUT2D eigenvalue weighted by molar-refractivity contribution is -0.119. The van der Waals surface area contributed by atoms with Crippen LogP contribution < -0.4 is 10.6 Å². The molecule has 0 bridgehead atoms. The second kappa shape index (κ2) is 8.46.